The highest BCUT2D eigenvalue weighted by Gasteiger charge is 2.27. The van der Waals surface area contributed by atoms with Crippen molar-refractivity contribution in [2.45, 2.75) is 18.8 Å². The number of rotatable bonds is 1. The predicted octanol–water partition coefficient (Wildman–Crippen LogP) is 3.14. The van der Waals surface area contributed by atoms with E-state index in [1.54, 1.807) is 6.07 Å². The van der Waals surface area contributed by atoms with Crippen LogP contribution in [0.25, 0.3) is 11.2 Å². The Bertz CT molecular complexity index is 463. The Labute approximate surface area is 90.5 Å². The van der Waals surface area contributed by atoms with E-state index in [0.717, 1.165) is 11.3 Å². The zero-order chi connectivity index (χ0) is 9.71. The maximum absolute atomic E-state index is 5.85. The Morgan fingerprint density at radius 3 is 2.79 bits per heavy atom. The second-order valence-electron chi connectivity index (χ2n) is 3.53. The number of H-pyrrole nitrogens is 1. The first-order valence-corrected chi connectivity index (χ1v) is 5.21. The molecular formula is C9H7Cl2N3. The number of hydrogen-bond donors (Lipinski definition) is 1. The van der Waals surface area contributed by atoms with E-state index in [-0.39, 0.29) is 0 Å². The van der Waals surface area contributed by atoms with Crippen molar-refractivity contribution in [3.63, 3.8) is 0 Å². The van der Waals surface area contributed by atoms with Crippen LogP contribution in [0.3, 0.4) is 0 Å². The fraction of sp³-hybridized carbons (Fsp3) is 0.333. The molecule has 2 aromatic rings. The van der Waals surface area contributed by atoms with E-state index in [2.05, 4.69) is 15.0 Å². The smallest absolute Gasteiger partial charge is 0.179 e. The molecule has 0 spiro atoms. The van der Waals surface area contributed by atoms with Crippen LogP contribution in [0.4, 0.5) is 0 Å². The summed E-state index contributed by atoms with van der Waals surface area (Å²) >= 11 is 11.6. The van der Waals surface area contributed by atoms with Gasteiger partial charge in [0.15, 0.2) is 5.65 Å². The van der Waals surface area contributed by atoms with Gasteiger partial charge in [0, 0.05) is 5.92 Å². The molecule has 2 heterocycles. The molecule has 72 valence electrons. The van der Waals surface area contributed by atoms with Crippen LogP contribution in [0.1, 0.15) is 24.6 Å². The molecule has 0 aromatic carbocycles. The first-order chi connectivity index (χ1) is 6.74. The molecule has 0 amide bonds. The maximum atomic E-state index is 5.85. The van der Waals surface area contributed by atoms with Crippen LogP contribution >= 0.6 is 23.2 Å². The van der Waals surface area contributed by atoms with Crippen molar-refractivity contribution >= 4 is 34.4 Å². The standard InChI is InChI=1S/C9H7Cl2N3/c10-5-3-6-9(13-7(5)11)14-8(12-6)4-1-2-4/h3-4H,1-2H2,(H,12,13,14). The van der Waals surface area contributed by atoms with Gasteiger partial charge in [0.1, 0.15) is 11.0 Å². The summed E-state index contributed by atoms with van der Waals surface area (Å²) in [5.74, 6) is 1.59. The third kappa shape index (κ3) is 1.28. The third-order valence-corrected chi connectivity index (χ3v) is 3.04. The van der Waals surface area contributed by atoms with Gasteiger partial charge in [-0.3, -0.25) is 0 Å². The molecule has 0 unspecified atom stereocenters. The van der Waals surface area contributed by atoms with E-state index in [1.165, 1.54) is 12.8 Å². The maximum Gasteiger partial charge on any atom is 0.179 e. The molecule has 3 rings (SSSR count). The zero-order valence-electron chi connectivity index (χ0n) is 7.22. The molecular weight excluding hydrogens is 221 g/mol. The van der Waals surface area contributed by atoms with Gasteiger partial charge in [-0.2, -0.15) is 0 Å². The van der Waals surface area contributed by atoms with Gasteiger partial charge in [-0.25, -0.2) is 9.97 Å². The number of pyridine rings is 1. The highest BCUT2D eigenvalue weighted by Crippen LogP contribution is 2.39. The van der Waals surface area contributed by atoms with Gasteiger partial charge >= 0.3 is 0 Å². The zero-order valence-corrected chi connectivity index (χ0v) is 8.73. The van der Waals surface area contributed by atoms with E-state index < -0.39 is 0 Å². The molecule has 1 aliphatic carbocycles. The van der Waals surface area contributed by atoms with Crippen LogP contribution in [0.5, 0.6) is 0 Å². The highest BCUT2D eigenvalue weighted by molar-refractivity contribution is 6.41. The molecule has 0 atom stereocenters. The molecule has 1 saturated carbocycles. The first-order valence-electron chi connectivity index (χ1n) is 4.45. The number of hydrogen-bond acceptors (Lipinski definition) is 2. The van der Waals surface area contributed by atoms with E-state index in [4.69, 9.17) is 23.2 Å². The van der Waals surface area contributed by atoms with Gasteiger partial charge in [-0.05, 0) is 18.9 Å². The van der Waals surface area contributed by atoms with Crippen LogP contribution in [0.2, 0.25) is 10.2 Å². The summed E-state index contributed by atoms with van der Waals surface area (Å²) in [7, 11) is 0. The minimum Gasteiger partial charge on any atom is -0.340 e. The normalized spacial score (nSPS) is 16.4. The molecule has 0 bridgehead atoms. The largest absolute Gasteiger partial charge is 0.340 e. The summed E-state index contributed by atoms with van der Waals surface area (Å²) < 4.78 is 0. The summed E-state index contributed by atoms with van der Waals surface area (Å²) in [6.07, 6.45) is 2.42. The van der Waals surface area contributed by atoms with Crippen molar-refractivity contribution in [2.24, 2.45) is 0 Å². The Morgan fingerprint density at radius 2 is 2.07 bits per heavy atom. The molecule has 14 heavy (non-hydrogen) atoms. The average Bonchev–Trinajstić information content (AvgIpc) is 2.90. The van der Waals surface area contributed by atoms with Gasteiger partial charge < -0.3 is 4.98 Å². The summed E-state index contributed by atoms with van der Waals surface area (Å²) in [5.41, 5.74) is 1.52. The van der Waals surface area contributed by atoms with Gasteiger partial charge in [-0.15, -0.1) is 0 Å². The van der Waals surface area contributed by atoms with E-state index in [9.17, 15) is 0 Å². The SMILES string of the molecule is Clc1cc2[nH]c(C3CC3)nc2nc1Cl. The molecule has 1 fully saturated rings. The molecule has 0 saturated heterocycles. The van der Waals surface area contributed by atoms with Crippen LogP contribution in [0.15, 0.2) is 6.07 Å². The van der Waals surface area contributed by atoms with Crippen molar-refractivity contribution in [1.29, 1.82) is 0 Å². The fourth-order valence-electron chi connectivity index (χ4n) is 1.46. The van der Waals surface area contributed by atoms with Gasteiger partial charge in [0.05, 0.1) is 10.5 Å². The number of aromatic nitrogens is 3. The van der Waals surface area contributed by atoms with Crippen molar-refractivity contribution in [1.82, 2.24) is 15.0 Å². The summed E-state index contributed by atoms with van der Waals surface area (Å²) in [6.45, 7) is 0. The first kappa shape index (κ1) is 8.50. The molecule has 5 heteroatoms. The van der Waals surface area contributed by atoms with Crippen molar-refractivity contribution in [3.05, 3.63) is 22.1 Å². The molecule has 0 aliphatic heterocycles. The van der Waals surface area contributed by atoms with Gasteiger partial charge in [0.2, 0.25) is 0 Å². The van der Waals surface area contributed by atoms with Crippen molar-refractivity contribution in [2.75, 3.05) is 0 Å². The highest BCUT2D eigenvalue weighted by atomic mass is 35.5. The fourth-order valence-corrected chi connectivity index (χ4v) is 1.75. The predicted molar refractivity (Wildman–Crippen MR) is 55.9 cm³/mol. The number of nitrogens with zero attached hydrogens (tertiary/aromatic N) is 2. The lowest BCUT2D eigenvalue weighted by Crippen LogP contribution is -1.80. The Balaban J connectivity index is 2.22. The minimum atomic E-state index is 0.313. The van der Waals surface area contributed by atoms with Crippen molar-refractivity contribution < 1.29 is 0 Å². The molecule has 3 nitrogen and oxygen atoms in total. The summed E-state index contributed by atoms with van der Waals surface area (Å²) in [5, 5.41) is 0.776. The number of imidazole rings is 1. The number of nitrogens with one attached hydrogen (secondary N) is 1. The lowest BCUT2D eigenvalue weighted by Gasteiger charge is -1.92. The second-order valence-corrected chi connectivity index (χ2v) is 4.29. The molecule has 0 radical (unpaired) electrons. The lowest BCUT2D eigenvalue weighted by molar-refractivity contribution is 0.983. The second kappa shape index (κ2) is 2.84. The summed E-state index contributed by atoms with van der Waals surface area (Å²) in [6, 6.07) is 1.77. The van der Waals surface area contributed by atoms with Gasteiger partial charge in [0.25, 0.3) is 0 Å². The molecule has 1 aliphatic rings. The van der Waals surface area contributed by atoms with Crippen LogP contribution in [-0.4, -0.2) is 15.0 Å². The Morgan fingerprint density at radius 1 is 1.29 bits per heavy atom. The van der Waals surface area contributed by atoms with Crippen molar-refractivity contribution in [3.8, 4) is 0 Å². The van der Waals surface area contributed by atoms with E-state index in [0.29, 0.717) is 21.7 Å². The number of halogens is 2. The number of fused-ring (bicyclic) bond motifs is 1. The van der Waals surface area contributed by atoms with E-state index in [1.807, 2.05) is 0 Å². The summed E-state index contributed by atoms with van der Waals surface area (Å²) in [4.78, 5) is 11.7. The number of aromatic amines is 1. The monoisotopic (exact) mass is 227 g/mol. The quantitative estimate of drug-likeness (QED) is 0.761. The Kier molecular flexibility index (Phi) is 1.73. The molecule has 2 aromatic heterocycles. The van der Waals surface area contributed by atoms with E-state index >= 15 is 0 Å². The average molecular weight is 228 g/mol. The molecule has 1 N–H and O–H groups in total. The topological polar surface area (TPSA) is 41.6 Å². The van der Waals surface area contributed by atoms with Crippen LogP contribution in [0, 0.1) is 0 Å². The van der Waals surface area contributed by atoms with Crippen LogP contribution in [-0.2, 0) is 0 Å². The minimum absolute atomic E-state index is 0.313. The Hall–Kier alpha value is -0.800. The third-order valence-electron chi connectivity index (χ3n) is 2.37. The lowest BCUT2D eigenvalue weighted by atomic mass is 10.4. The van der Waals surface area contributed by atoms with Crippen LogP contribution < -0.4 is 0 Å². The van der Waals surface area contributed by atoms with Gasteiger partial charge in [-0.1, -0.05) is 23.2 Å².